The Balaban J connectivity index is 1.96. The number of hydrogen-bond acceptors (Lipinski definition) is 3. The monoisotopic (exact) mass is 252 g/mol. The average molecular weight is 252 g/mol. The molecule has 1 aliphatic rings. The second kappa shape index (κ2) is 4.57. The highest BCUT2D eigenvalue weighted by Crippen LogP contribution is 2.24. The lowest BCUT2D eigenvalue weighted by atomic mass is 10.1. The highest BCUT2D eigenvalue weighted by atomic mass is 16.3. The lowest BCUT2D eigenvalue weighted by Gasteiger charge is -2.10. The number of furan rings is 1. The molecule has 0 saturated heterocycles. The first-order valence-corrected chi connectivity index (χ1v) is 5.96. The van der Waals surface area contributed by atoms with E-state index in [1.807, 2.05) is 37.3 Å². The van der Waals surface area contributed by atoms with Crippen LogP contribution in [0.5, 0.6) is 0 Å². The molecule has 4 heteroatoms. The minimum atomic E-state index is -0.139. The van der Waals surface area contributed by atoms with Crippen LogP contribution in [0, 0.1) is 0 Å². The smallest absolute Gasteiger partial charge is 0.280 e. The van der Waals surface area contributed by atoms with Crippen molar-refractivity contribution in [1.29, 1.82) is 0 Å². The Labute approximate surface area is 110 Å². The molecule has 0 fully saturated rings. The molecule has 1 aromatic carbocycles. The lowest BCUT2D eigenvalue weighted by Crippen LogP contribution is -2.21. The number of rotatable bonds is 2. The normalized spacial score (nSPS) is 17.1. The molecule has 19 heavy (non-hydrogen) atoms. The van der Waals surface area contributed by atoms with Gasteiger partial charge in [0.05, 0.1) is 23.2 Å². The number of anilines is 1. The lowest BCUT2D eigenvalue weighted by molar-refractivity contribution is -0.114. The molecule has 0 saturated carbocycles. The molecule has 2 heterocycles. The predicted molar refractivity (Wildman–Crippen MR) is 73.7 cm³/mol. The predicted octanol–water partition coefficient (Wildman–Crippen LogP) is 3.09. The molecule has 0 bridgehead atoms. The van der Waals surface area contributed by atoms with E-state index in [0.717, 1.165) is 5.69 Å². The molecule has 0 aliphatic carbocycles. The average Bonchev–Trinajstić information content (AvgIpc) is 3.03. The molecule has 4 nitrogen and oxygen atoms in total. The summed E-state index contributed by atoms with van der Waals surface area (Å²) in [5, 5.41) is 5.70. The number of benzene rings is 1. The summed E-state index contributed by atoms with van der Waals surface area (Å²) < 4.78 is 5.23. The molecule has 1 amide bonds. The molecule has 0 unspecified atom stereocenters. The Bertz CT molecular complexity index is 655. The molecule has 1 aromatic heterocycles. The van der Waals surface area contributed by atoms with E-state index in [1.165, 1.54) is 5.01 Å². The van der Waals surface area contributed by atoms with Crippen LogP contribution in [-0.4, -0.2) is 11.6 Å². The zero-order valence-electron chi connectivity index (χ0n) is 10.4. The summed E-state index contributed by atoms with van der Waals surface area (Å²) in [6.45, 7) is 1.82. The van der Waals surface area contributed by atoms with Gasteiger partial charge in [-0.25, -0.2) is 0 Å². The third-order valence-electron chi connectivity index (χ3n) is 2.89. The molecule has 3 rings (SSSR count). The zero-order chi connectivity index (χ0) is 13.2. The van der Waals surface area contributed by atoms with E-state index < -0.39 is 0 Å². The summed E-state index contributed by atoms with van der Waals surface area (Å²) >= 11 is 0. The fourth-order valence-corrected chi connectivity index (χ4v) is 1.94. The van der Waals surface area contributed by atoms with E-state index >= 15 is 0 Å². The molecule has 0 atom stereocenters. The molecular weight excluding hydrogens is 240 g/mol. The van der Waals surface area contributed by atoms with Crippen molar-refractivity contribution >= 4 is 23.4 Å². The number of carbonyl (C=O) groups is 1. The van der Waals surface area contributed by atoms with Crippen LogP contribution in [0.4, 0.5) is 5.69 Å². The quantitative estimate of drug-likeness (QED) is 0.771. The minimum Gasteiger partial charge on any atom is -0.465 e. The molecule has 0 N–H and O–H groups in total. The van der Waals surface area contributed by atoms with Crippen LogP contribution >= 0.6 is 0 Å². The highest BCUT2D eigenvalue weighted by molar-refractivity contribution is 6.32. The molecule has 94 valence electrons. The van der Waals surface area contributed by atoms with Gasteiger partial charge < -0.3 is 4.42 Å². The van der Waals surface area contributed by atoms with E-state index in [1.54, 1.807) is 24.5 Å². The van der Waals surface area contributed by atoms with E-state index in [9.17, 15) is 4.79 Å². The number of nitrogens with zero attached hydrogens (tertiary/aromatic N) is 2. The van der Waals surface area contributed by atoms with Gasteiger partial charge in [-0.2, -0.15) is 10.1 Å². The van der Waals surface area contributed by atoms with Gasteiger partial charge in [-0.15, -0.1) is 0 Å². The Morgan fingerprint density at radius 1 is 1.16 bits per heavy atom. The second-order valence-corrected chi connectivity index (χ2v) is 4.21. The second-order valence-electron chi connectivity index (χ2n) is 4.21. The summed E-state index contributed by atoms with van der Waals surface area (Å²) in [6.07, 6.45) is 3.29. The first kappa shape index (κ1) is 11.5. The first-order chi connectivity index (χ1) is 9.25. The highest BCUT2D eigenvalue weighted by Gasteiger charge is 2.28. The van der Waals surface area contributed by atoms with Crippen LogP contribution < -0.4 is 5.01 Å². The maximum Gasteiger partial charge on any atom is 0.280 e. The third-order valence-corrected chi connectivity index (χ3v) is 2.89. The standard InChI is InChI=1S/C15H12N2O2/c1-11-14(10-13-8-5-9-19-13)15(18)17(16-11)12-6-3-2-4-7-12/h2-10H,1H3. The summed E-state index contributed by atoms with van der Waals surface area (Å²) in [5.74, 6) is 0.507. The van der Waals surface area contributed by atoms with Gasteiger partial charge in [-0.3, -0.25) is 4.79 Å². The summed E-state index contributed by atoms with van der Waals surface area (Å²) in [6, 6.07) is 12.9. The molecule has 0 spiro atoms. The van der Waals surface area contributed by atoms with Crippen LogP contribution in [0.2, 0.25) is 0 Å². The van der Waals surface area contributed by atoms with Gasteiger partial charge in [-0.05, 0) is 37.3 Å². The van der Waals surface area contributed by atoms with Crippen LogP contribution in [0.3, 0.4) is 0 Å². The van der Waals surface area contributed by atoms with Crippen molar-refractivity contribution < 1.29 is 9.21 Å². The Morgan fingerprint density at radius 3 is 2.63 bits per heavy atom. The van der Waals surface area contributed by atoms with Gasteiger partial charge in [0, 0.05) is 0 Å². The largest absolute Gasteiger partial charge is 0.465 e. The summed E-state index contributed by atoms with van der Waals surface area (Å²) in [4.78, 5) is 12.3. The molecule has 1 aliphatic heterocycles. The molecule has 2 aromatic rings. The van der Waals surface area contributed by atoms with Crippen molar-refractivity contribution in [2.24, 2.45) is 5.10 Å². The minimum absolute atomic E-state index is 0.139. The number of hydrazone groups is 1. The summed E-state index contributed by atoms with van der Waals surface area (Å²) in [7, 11) is 0. The van der Waals surface area contributed by atoms with Gasteiger partial charge in [0.1, 0.15) is 5.76 Å². The van der Waals surface area contributed by atoms with Crippen LogP contribution in [0.25, 0.3) is 6.08 Å². The van der Waals surface area contributed by atoms with Gasteiger partial charge >= 0.3 is 0 Å². The summed E-state index contributed by atoms with van der Waals surface area (Å²) in [5.41, 5.74) is 2.00. The molecular formula is C15H12N2O2. The number of hydrogen-bond donors (Lipinski definition) is 0. The molecule has 0 radical (unpaired) electrons. The Kier molecular flexibility index (Phi) is 2.76. The van der Waals surface area contributed by atoms with Crippen molar-refractivity contribution in [1.82, 2.24) is 0 Å². The number of amides is 1. The Hall–Kier alpha value is -2.62. The van der Waals surface area contributed by atoms with Crippen LogP contribution in [0.15, 0.2) is 63.8 Å². The SMILES string of the molecule is CC1=NN(c2ccccc2)C(=O)C1=Cc1ccco1. The maximum atomic E-state index is 12.3. The van der Waals surface area contributed by atoms with Gasteiger partial charge in [0.25, 0.3) is 5.91 Å². The topological polar surface area (TPSA) is 45.8 Å². The van der Waals surface area contributed by atoms with Crippen LogP contribution in [-0.2, 0) is 4.79 Å². The first-order valence-electron chi connectivity index (χ1n) is 5.96. The van der Waals surface area contributed by atoms with Crippen molar-refractivity contribution in [3.05, 3.63) is 60.1 Å². The number of carbonyl (C=O) groups excluding carboxylic acids is 1. The zero-order valence-corrected chi connectivity index (χ0v) is 10.4. The van der Waals surface area contributed by atoms with Gasteiger partial charge in [0.15, 0.2) is 0 Å². The number of para-hydroxylation sites is 1. The van der Waals surface area contributed by atoms with Crippen molar-refractivity contribution in [2.75, 3.05) is 5.01 Å². The van der Waals surface area contributed by atoms with Crippen molar-refractivity contribution in [3.63, 3.8) is 0 Å². The van der Waals surface area contributed by atoms with Crippen molar-refractivity contribution in [2.45, 2.75) is 6.92 Å². The van der Waals surface area contributed by atoms with Gasteiger partial charge in [-0.1, -0.05) is 18.2 Å². The van der Waals surface area contributed by atoms with Crippen LogP contribution in [0.1, 0.15) is 12.7 Å². The fraction of sp³-hybridized carbons (Fsp3) is 0.0667. The van der Waals surface area contributed by atoms with E-state index in [4.69, 9.17) is 4.42 Å². The Morgan fingerprint density at radius 2 is 1.95 bits per heavy atom. The van der Waals surface area contributed by atoms with Gasteiger partial charge in [0.2, 0.25) is 0 Å². The maximum absolute atomic E-state index is 12.3. The van der Waals surface area contributed by atoms with Crippen molar-refractivity contribution in [3.8, 4) is 0 Å². The van der Waals surface area contributed by atoms with E-state index in [0.29, 0.717) is 17.0 Å². The van der Waals surface area contributed by atoms with E-state index in [2.05, 4.69) is 5.10 Å². The fourth-order valence-electron chi connectivity index (χ4n) is 1.94. The third kappa shape index (κ3) is 2.08. The van der Waals surface area contributed by atoms with E-state index in [-0.39, 0.29) is 5.91 Å².